The number of likely N-dealkylation sites (N-methyl/N-ethyl adjacent to an activating group) is 1. The Morgan fingerprint density at radius 3 is 2.35 bits per heavy atom. The van der Waals surface area contributed by atoms with Gasteiger partial charge < -0.3 is 4.90 Å². The highest BCUT2D eigenvalue weighted by molar-refractivity contribution is 5.26. The number of nitrogens with zero attached hydrogens (tertiary/aromatic N) is 2. The molecule has 94 valence electrons. The van der Waals surface area contributed by atoms with E-state index in [2.05, 4.69) is 53.6 Å². The highest BCUT2D eigenvalue weighted by Crippen LogP contribution is 2.09. The van der Waals surface area contributed by atoms with Crippen molar-refractivity contribution in [2.75, 3.05) is 33.2 Å². The maximum atomic E-state index is 3.54. The van der Waals surface area contributed by atoms with E-state index in [1.54, 1.807) is 0 Å². The van der Waals surface area contributed by atoms with Crippen LogP contribution >= 0.6 is 0 Å². The van der Waals surface area contributed by atoms with Gasteiger partial charge in [-0.3, -0.25) is 5.43 Å². The van der Waals surface area contributed by atoms with Crippen LogP contribution in [0.15, 0.2) is 24.3 Å². The van der Waals surface area contributed by atoms with Crippen LogP contribution in [0.1, 0.15) is 18.1 Å². The number of piperazine rings is 1. The van der Waals surface area contributed by atoms with Crippen LogP contribution in [0.4, 0.5) is 0 Å². The van der Waals surface area contributed by atoms with E-state index in [0.29, 0.717) is 0 Å². The van der Waals surface area contributed by atoms with Crippen LogP contribution in [0.5, 0.6) is 0 Å². The molecule has 0 saturated carbocycles. The molecule has 1 aliphatic heterocycles. The molecule has 0 amide bonds. The molecule has 0 radical (unpaired) electrons. The van der Waals surface area contributed by atoms with Gasteiger partial charge in [0.25, 0.3) is 0 Å². The predicted molar refractivity (Wildman–Crippen MR) is 71.7 cm³/mol. The summed E-state index contributed by atoms with van der Waals surface area (Å²) in [7, 11) is 2.18. The van der Waals surface area contributed by atoms with Crippen molar-refractivity contribution in [1.82, 2.24) is 15.3 Å². The predicted octanol–water partition coefficient (Wildman–Crippen LogP) is 1.50. The lowest BCUT2D eigenvalue weighted by Crippen LogP contribution is -2.50. The maximum Gasteiger partial charge on any atom is 0.0356 e. The van der Waals surface area contributed by atoms with Gasteiger partial charge in [-0.15, -0.1) is 0 Å². The van der Waals surface area contributed by atoms with Crippen LogP contribution in [0.25, 0.3) is 0 Å². The van der Waals surface area contributed by atoms with Crippen molar-refractivity contribution < 1.29 is 0 Å². The number of hydrazine groups is 1. The zero-order chi connectivity index (χ0) is 12.1. The summed E-state index contributed by atoms with van der Waals surface area (Å²) in [6, 6.07) is 8.70. The molecule has 0 atom stereocenters. The first-order valence-corrected chi connectivity index (χ1v) is 6.53. The lowest BCUT2D eigenvalue weighted by Gasteiger charge is -2.32. The summed E-state index contributed by atoms with van der Waals surface area (Å²) in [6.07, 6.45) is 1.11. The minimum atomic E-state index is 0.952. The van der Waals surface area contributed by atoms with Gasteiger partial charge in [-0.25, -0.2) is 5.01 Å². The van der Waals surface area contributed by atoms with Crippen molar-refractivity contribution in [3.8, 4) is 0 Å². The third kappa shape index (κ3) is 3.53. The van der Waals surface area contributed by atoms with E-state index in [0.717, 1.165) is 39.1 Å². The van der Waals surface area contributed by atoms with E-state index < -0.39 is 0 Å². The Bertz CT molecular complexity index is 343. The van der Waals surface area contributed by atoms with E-state index in [-0.39, 0.29) is 0 Å². The van der Waals surface area contributed by atoms with Gasteiger partial charge in [0.1, 0.15) is 0 Å². The van der Waals surface area contributed by atoms with E-state index in [9.17, 15) is 0 Å². The molecule has 17 heavy (non-hydrogen) atoms. The van der Waals surface area contributed by atoms with Crippen molar-refractivity contribution >= 4 is 0 Å². The molecular weight excluding hydrogens is 210 g/mol. The Morgan fingerprint density at radius 2 is 1.71 bits per heavy atom. The standard InChI is InChI=1S/C14H23N3/c1-3-13-6-4-5-7-14(13)12-15-17-10-8-16(2)9-11-17/h4-7,15H,3,8-12H2,1-2H3. The molecule has 1 aliphatic rings. The second kappa shape index (κ2) is 6.15. The first-order valence-electron chi connectivity index (χ1n) is 6.53. The van der Waals surface area contributed by atoms with Gasteiger partial charge in [-0.05, 0) is 24.6 Å². The SMILES string of the molecule is CCc1ccccc1CNN1CCN(C)CC1. The smallest absolute Gasteiger partial charge is 0.0356 e. The highest BCUT2D eigenvalue weighted by Gasteiger charge is 2.13. The Morgan fingerprint density at radius 1 is 1.06 bits per heavy atom. The number of aryl methyl sites for hydroxylation is 1. The van der Waals surface area contributed by atoms with Gasteiger partial charge in [-0.2, -0.15) is 0 Å². The number of benzene rings is 1. The molecule has 1 N–H and O–H groups in total. The van der Waals surface area contributed by atoms with Crippen molar-refractivity contribution in [2.24, 2.45) is 0 Å². The molecule has 1 aromatic rings. The lowest BCUT2D eigenvalue weighted by molar-refractivity contribution is 0.102. The number of hydrogen-bond acceptors (Lipinski definition) is 3. The average Bonchev–Trinajstić information content (AvgIpc) is 2.38. The van der Waals surface area contributed by atoms with Crippen LogP contribution in [-0.2, 0) is 13.0 Å². The van der Waals surface area contributed by atoms with Gasteiger partial charge in [0.05, 0.1) is 0 Å². The summed E-state index contributed by atoms with van der Waals surface area (Å²) >= 11 is 0. The lowest BCUT2D eigenvalue weighted by atomic mass is 10.1. The molecule has 0 unspecified atom stereocenters. The van der Waals surface area contributed by atoms with Crippen molar-refractivity contribution in [2.45, 2.75) is 19.9 Å². The molecule has 1 aromatic carbocycles. The van der Waals surface area contributed by atoms with Crippen LogP contribution in [0.3, 0.4) is 0 Å². The van der Waals surface area contributed by atoms with E-state index in [4.69, 9.17) is 0 Å². The highest BCUT2D eigenvalue weighted by atomic mass is 15.5. The molecule has 1 fully saturated rings. The molecule has 1 heterocycles. The molecular formula is C14H23N3. The molecule has 3 heteroatoms. The minimum Gasteiger partial charge on any atom is -0.304 e. The first kappa shape index (κ1) is 12.6. The summed E-state index contributed by atoms with van der Waals surface area (Å²) in [4.78, 5) is 2.37. The van der Waals surface area contributed by atoms with E-state index in [1.165, 1.54) is 11.1 Å². The van der Waals surface area contributed by atoms with Crippen molar-refractivity contribution in [3.63, 3.8) is 0 Å². The Kier molecular flexibility index (Phi) is 4.54. The fourth-order valence-corrected chi connectivity index (χ4v) is 2.24. The topological polar surface area (TPSA) is 18.5 Å². The fraction of sp³-hybridized carbons (Fsp3) is 0.571. The molecule has 0 aromatic heterocycles. The molecule has 0 aliphatic carbocycles. The monoisotopic (exact) mass is 233 g/mol. The Balaban J connectivity index is 1.85. The maximum absolute atomic E-state index is 3.54. The van der Waals surface area contributed by atoms with E-state index >= 15 is 0 Å². The summed E-state index contributed by atoms with van der Waals surface area (Å²) in [5.41, 5.74) is 6.42. The number of nitrogens with one attached hydrogen (secondary N) is 1. The van der Waals surface area contributed by atoms with E-state index in [1.807, 2.05) is 0 Å². The van der Waals surface area contributed by atoms with Gasteiger partial charge >= 0.3 is 0 Å². The third-order valence-corrected chi connectivity index (χ3v) is 3.50. The zero-order valence-electron chi connectivity index (χ0n) is 10.9. The second-order valence-electron chi connectivity index (χ2n) is 4.75. The normalized spacial score (nSPS) is 18.5. The minimum absolute atomic E-state index is 0.952. The third-order valence-electron chi connectivity index (χ3n) is 3.50. The largest absolute Gasteiger partial charge is 0.304 e. The molecule has 3 nitrogen and oxygen atoms in total. The molecule has 2 rings (SSSR count). The Hall–Kier alpha value is -0.900. The quantitative estimate of drug-likeness (QED) is 0.850. The van der Waals surface area contributed by atoms with Crippen molar-refractivity contribution in [3.05, 3.63) is 35.4 Å². The summed E-state index contributed by atoms with van der Waals surface area (Å²) < 4.78 is 0. The molecule has 0 bridgehead atoms. The number of hydrogen-bond donors (Lipinski definition) is 1. The van der Waals surface area contributed by atoms with Crippen LogP contribution < -0.4 is 5.43 Å². The van der Waals surface area contributed by atoms with Gasteiger partial charge in [-0.1, -0.05) is 31.2 Å². The zero-order valence-corrected chi connectivity index (χ0v) is 10.9. The first-order chi connectivity index (χ1) is 8.29. The van der Waals surface area contributed by atoms with Crippen molar-refractivity contribution in [1.29, 1.82) is 0 Å². The summed E-state index contributed by atoms with van der Waals surface area (Å²) in [5.74, 6) is 0. The van der Waals surface area contributed by atoms with Gasteiger partial charge in [0.2, 0.25) is 0 Å². The second-order valence-corrected chi connectivity index (χ2v) is 4.75. The summed E-state index contributed by atoms with van der Waals surface area (Å²) in [6.45, 7) is 7.71. The Labute approximate surface area is 104 Å². The molecule has 1 saturated heterocycles. The van der Waals surface area contributed by atoms with Gasteiger partial charge in [0, 0.05) is 32.7 Å². The fourth-order valence-electron chi connectivity index (χ4n) is 2.24. The van der Waals surface area contributed by atoms with Crippen LogP contribution in [0, 0.1) is 0 Å². The van der Waals surface area contributed by atoms with Crippen LogP contribution in [-0.4, -0.2) is 43.1 Å². The average molecular weight is 233 g/mol. The number of rotatable bonds is 4. The van der Waals surface area contributed by atoms with Gasteiger partial charge in [0.15, 0.2) is 0 Å². The van der Waals surface area contributed by atoms with Crippen LogP contribution in [0.2, 0.25) is 0 Å². The molecule has 0 spiro atoms. The summed E-state index contributed by atoms with van der Waals surface area (Å²) in [5, 5.41) is 2.34.